The van der Waals surface area contributed by atoms with Crippen LogP contribution in [-0.2, 0) is 5.41 Å². The highest BCUT2D eigenvalue weighted by Gasteiger charge is 2.55. The van der Waals surface area contributed by atoms with E-state index in [1.54, 1.807) is 7.11 Å². The van der Waals surface area contributed by atoms with Crippen LogP contribution < -0.4 is 10.5 Å². The molecule has 0 radical (unpaired) electrons. The highest BCUT2D eigenvalue weighted by molar-refractivity contribution is 9.10. The zero-order valence-corrected chi connectivity index (χ0v) is 11.6. The van der Waals surface area contributed by atoms with E-state index < -0.39 is 0 Å². The van der Waals surface area contributed by atoms with Gasteiger partial charge < -0.3 is 10.5 Å². The molecule has 0 amide bonds. The van der Waals surface area contributed by atoms with Gasteiger partial charge in [-0.25, -0.2) is 0 Å². The molecule has 0 heterocycles. The van der Waals surface area contributed by atoms with Crippen LogP contribution in [0.1, 0.15) is 32.3 Å². The monoisotopic (exact) mass is 283 g/mol. The minimum Gasteiger partial charge on any atom is -0.496 e. The summed E-state index contributed by atoms with van der Waals surface area (Å²) in [5.41, 5.74) is 7.44. The third kappa shape index (κ3) is 1.76. The summed E-state index contributed by atoms with van der Waals surface area (Å²) in [7, 11) is 1.71. The molecule has 88 valence electrons. The highest BCUT2D eigenvalue weighted by Crippen LogP contribution is 2.57. The lowest BCUT2D eigenvalue weighted by Crippen LogP contribution is -2.45. The van der Waals surface area contributed by atoms with Crippen molar-refractivity contribution in [3.05, 3.63) is 28.2 Å². The Bertz CT molecular complexity index is 405. The normalized spacial score (nSPS) is 18.3. The van der Waals surface area contributed by atoms with Crippen LogP contribution in [0, 0.1) is 0 Å². The molecular weight excluding hydrogens is 266 g/mol. The lowest BCUT2D eigenvalue weighted by molar-refractivity contribution is 0.359. The van der Waals surface area contributed by atoms with Gasteiger partial charge in [0.05, 0.1) is 7.11 Å². The first kappa shape index (κ1) is 11.9. The van der Waals surface area contributed by atoms with Crippen molar-refractivity contribution < 1.29 is 4.74 Å². The first-order valence-electron chi connectivity index (χ1n) is 5.54. The molecule has 16 heavy (non-hydrogen) atoms. The van der Waals surface area contributed by atoms with Crippen LogP contribution in [0.15, 0.2) is 22.7 Å². The van der Waals surface area contributed by atoms with Gasteiger partial charge in [0.1, 0.15) is 5.75 Å². The van der Waals surface area contributed by atoms with Crippen LogP contribution >= 0.6 is 15.9 Å². The summed E-state index contributed by atoms with van der Waals surface area (Å²) in [6.45, 7) is 4.20. The van der Waals surface area contributed by atoms with Gasteiger partial charge in [0, 0.05) is 21.0 Å². The number of benzene rings is 1. The summed E-state index contributed by atoms with van der Waals surface area (Å²) in [6.07, 6.45) is 2.29. The van der Waals surface area contributed by atoms with E-state index in [0.717, 1.165) is 23.1 Å². The average Bonchev–Trinajstić information content (AvgIpc) is 2.97. The van der Waals surface area contributed by atoms with Gasteiger partial charge in [-0.2, -0.15) is 0 Å². The number of rotatable bonds is 3. The Labute approximate surface area is 105 Å². The first-order chi connectivity index (χ1) is 7.40. The van der Waals surface area contributed by atoms with Gasteiger partial charge in [-0.15, -0.1) is 0 Å². The van der Waals surface area contributed by atoms with Gasteiger partial charge in [0.15, 0.2) is 0 Å². The summed E-state index contributed by atoms with van der Waals surface area (Å²) >= 11 is 3.46. The number of methoxy groups -OCH3 is 1. The Morgan fingerprint density at radius 3 is 2.44 bits per heavy atom. The van der Waals surface area contributed by atoms with Gasteiger partial charge in [0.25, 0.3) is 0 Å². The molecule has 1 aromatic carbocycles. The Kier molecular flexibility index (Phi) is 2.79. The van der Waals surface area contributed by atoms with Gasteiger partial charge >= 0.3 is 0 Å². The Hall–Kier alpha value is -0.540. The molecule has 0 saturated heterocycles. The second-order valence-corrected chi connectivity index (χ2v) is 6.06. The summed E-state index contributed by atoms with van der Waals surface area (Å²) < 4.78 is 6.50. The quantitative estimate of drug-likeness (QED) is 0.925. The second-order valence-electron chi connectivity index (χ2n) is 5.15. The van der Waals surface area contributed by atoms with Crippen molar-refractivity contribution in [3.8, 4) is 5.75 Å². The molecule has 2 nitrogen and oxygen atoms in total. The fourth-order valence-corrected chi connectivity index (χ4v) is 2.79. The third-order valence-electron chi connectivity index (χ3n) is 3.66. The highest BCUT2D eigenvalue weighted by atomic mass is 79.9. The number of hydrogen-bond acceptors (Lipinski definition) is 2. The zero-order valence-electron chi connectivity index (χ0n) is 10.0. The lowest BCUT2D eigenvalue weighted by Gasteiger charge is -2.32. The molecule has 1 fully saturated rings. The number of hydrogen-bond donors (Lipinski definition) is 1. The van der Waals surface area contributed by atoms with E-state index in [0.29, 0.717) is 0 Å². The Morgan fingerprint density at radius 1 is 1.38 bits per heavy atom. The van der Waals surface area contributed by atoms with E-state index in [-0.39, 0.29) is 11.0 Å². The minimum atomic E-state index is -0.200. The number of nitrogens with two attached hydrogens (primary N) is 1. The van der Waals surface area contributed by atoms with Crippen LogP contribution in [0.25, 0.3) is 0 Å². The molecule has 0 unspecified atom stereocenters. The SMILES string of the molecule is COc1cc(Br)ccc1C1(C(C)(C)N)CC1. The zero-order chi connectivity index (χ0) is 12.0. The second kappa shape index (κ2) is 3.74. The van der Waals surface area contributed by atoms with Crippen molar-refractivity contribution in [3.63, 3.8) is 0 Å². The molecule has 1 aliphatic rings. The molecule has 0 spiro atoms. The first-order valence-corrected chi connectivity index (χ1v) is 6.33. The van der Waals surface area contributed by atoms with Gasteiger partial charge in [0.2, 0.25) is 0 Å². The largest absolute Gasteiger partial charge is 0.496 e. The predicted molar refractivity (Wildman–Crippen MR) is 69.9 cm³/mol. The van der Waals surface area contributed by atoms with E-state index in [1.165, 1.54) is 5.56 Å². The summed E-state index contributed by atoms with van der Waals surface area (Å²) in [4.78, 5) is 0. The summed E-state index contributed by atoms with van der Waals surface area (Å²) in [6, 6.07) is 6.20. The molecule has 0 atom stereocenters. The molecule has 1 aromatic rings. The van der Waals surface area contributed by atoms with Crippen LogP contribution in [0.3, 0.4) is 0 Å². The Morgan fingerprint density at radius 2 is 2.00 bits per heavy atom. The third-order valence-corrected chi connectivity index (χ3v) is 4.16. The van der Waals surface area contributed by atoms with Gasteiger partial charge in [-0.3, -0.25) is 0 Å². The number of ether oxygens (including phenoxy) is 1. The van der Waals surface area contributed by atoms with E-state index in [1.807, 2.05) is 6.07 Å². The van der Waals surface area contributed by atoms with Gasteiger partial charge in [-0.05, 0) is 38.8 Å². The van der Waals surface area contributed by atoms with Crippen molar-refractivity contribution in [2.24, 2.45) is 5.73 Å². The van der Waals surface area contributed by atoms with Crippen molar-refractivity contribution in [2.75, 3.05) is 7.11 Å². The van der Waals surface area contributed by atoms with Crippen LogP contribution in [-0.4, -0.2) is 12.6 Å². The smallest absolute Gasteiger partial charge is 0.123 e. The maximum atomic E-state index is 6.30. The van der Waals surface area contributed by atoms with E-state index >= 15 is 0 Å². The van der Waals surface area contributed by atoms with E-state index in [2.05, 4.69) is 41.9 Å². The minimum absolute atomic E-state index is 0.0963. The molecule has 1 saturated carbocycles. The molecule has 1 aliphatic carbocycles. The van der Waals surface area contributed by atoms with Crippen molar-refractivity contribution >= 4 is 15.9 Å². The van der Waals surface area contributed by atoms with Crippen LogP contribution in [0.5, 0.6) is 5.75 Å². The van der Waals surface area contributed by atoms with E-state index in [9.17, 15) is 0 Å². The van der Waals surface area contributed by atoms with Crippen molar-refractivity contribution in [2.45, 2.75) is 37.6 Å². The number of halogens is 1. The fraction of sp³-hybridized carbons (Fsp3) is 0.538. The topological polar surface area (TPSA) is 35.2 Å². The summed E-state index contributed by atoms with van der Waals surface area (Å²) in [5, 5.41) is 0. The van der Waals surface area contributed by atoms with Crippen molar-refractivity contribution in [1.29, 1.82) is 0 Å². The molecule has 0 aliphatic heterocycles. The molecule has 0 aromatic heterocycles. The molecule has 2 N–H and O–H groups in total. The maximum absolute atomic E-state index is 6.30. The van der Waals surface area contributed by atoms with Gasteiger partial charge in [-0.1, -0.05) is 22.0 Å². The average molecular weight is 284 g/mol. The summed E-state index contributed by atoms with van der Waals surface area (Å²) in [5.74, 6) is 0.936. The Balaban J connectivity index is 2.49. The predicted octanol–water partition coefficient (Wildman–Crippen LogP) is 3.23. The molecular formula is C13H18BrNO. The lowest BCUT2D eigenvalue weighted by atomic mass is 9.79. The van der Waals surface area contributed by atoms with Crippen LogP contribution in [0.4, 0.5) is 0 Å². The van der Waals surface area contributed by atoms with Crippen LogP contribution in [0.2, 0.25) is 0 Å². The molecule has 2 rings (SSSR count). The maximum Gasteiger partial charge on any atom is 0.123 e. The van der Waals surface area contributed by atoms with E-state index in [4.69, 9.17) is 10.5 Å². The van der Waals surface area contributed by atoms with Crippen molar-refractivity contribution in [1.82, 2.24) is 0 Å². The molecule has 0 bridgehead atoms. The fourth-order valence-electron chi connectivity index (χ4n) is 2.45. The standard InChI is InChI=1S/C13H18BrNO/c1-12(2,15)13(6-7-13)10-5-4-9(14)8-11(10)16-3/h4-5,8H,6-7,15H2,1-3H3. The molecule has 3 heteroatoms.